The molecule has 0 radical (unpaired) electrons. The first kappa shape index (κ1) is 12.4. The van der Waals surface area contributed by atoms with Crippen LogP contribution in [0.1, 0.15) is 18.9 Å². The summed E-state index contributed by atoms with van der Waals surface area (Å²) in [6, 6.07) is 14.5. The van der Waals surface area contributed by atoms with Gasteiger partial charge in [0.1, 0.15) is 0 Å². The predicted molar refractivity (Wildman–Crippen MR) is 74.2 cm³/mol. The largest absolute Gasteiger partial charge is 0.466 e. The van der Waals surface area contributed by atoms with E-state index in [9.17, 15) is 4.79 Å². The van der Waals surface area contributed by atoms with Gasteiger partial charge < -0.3 is 4.74 Å². The van der Waals surface area contributed by atoms with E-state index < -0.39 is 0 Å². The van der Waals surface area contributed by atoms with Crippen LogP contribution >= 0.6 is 0 Å². The van der Waals surface area contributed by atoms with Crippen molar-refractivity contribution in [2.24, 2.45) is 0 Å². The van der Waals surface area contributed by atoms with Gasteiger partial charge in [-0.1, -0.05) is 48.6 Å². The molecule has 2 heteroatoms. The Labute approximate surface area is 107 Å². The van der Waals surface area contributed by atoms with Gasteiger partial charge >= 0.3 is 5.97 Å². The molecule has 0 aliphatic heterocycles. The molecule has 0 bridgehead atoms. The van der Waals surface area contributed by atoms with Crippen LogP contribution in [0.2, 0.25) is 0 Å². The SMILES string of the molecule is CCOC(=O)CC=Cc1ccc2ccccc2c1. The molecular weight excluding hydrogens is 224 g/mol. The maximum atomic E-state index is 11.2. The van der Waals surface area contributed by atoms with Crippen LogP contribution in [0.25, 0.3) is 16.8 Å². The minimum Gasteiger partial charge on any atom is -0.466 e. The normalized spacial score (nSPS) is 10.9. The average molecular weight is 240 g/mol. The van der Waals surface area contributed by atoms with Crippen LogP contribution in [-0.4, -0.2) is 12.6 Å². The van der Waals surface area contributed by atoms with Crippen molar-refractivity contribution in [2.45, 2.75) is 13.3 Å². The highest BCUT2D eigenvalue weighted by Gasteiger charge is 1.97. The Kier molecular flexibility index (Phi) is 4.13. The standard InChI is InChI=1S/C16H16O2/c1-2-18-16(17)9-5-6-13-10-11-14-7-3-4-8-15(14)12-13/h3-8,10-12H,2,9H2,1H3. The van der Waals surface area contributed by atoms with E-state index >= 15 is 0 Å². The quantitative estimate of drug-likeness (QED) is 0.760. The van der Waals surface area contributed by atoms with Gasteiger partial charge in [-0.2, -0.15) is 0 Å². The van der Waals surface area contributed by atoms with Crippen LogP contribution in [0.5, 0.6) is 0 Å². The summed E-state index contributed by atoms with van der Waals surface area (Å²) in [5.41, 5.74) is 1.10. The molecule has 2 aromatic rings. The summed E-state index contributed by atoms with van der Waals surface area (Å²) in [5, 5.41) is 2.43. The Hall–Kier alpha value is -2.09. The van der Waals surface area contributed by atoms with E-state index in [1.165, 1.54) is 10.8 Å². The van der Waals surface area contributed by atoms with Crippen molar-refractivity contribution < 1.29 is 9.53 Å². The lowest BCUT2D eigenvalue weighted by Crippen LogP contribution is -2.01. The number of rotatable bonds is 4. The number of carbonyl (C=O) groups excluding carboxylic acids is 1. The summed E-state index contributed by atoms with van der Waals surface area (Å²) >= 11 is 0. The first-order valence-corrected chi connectivity index (χ1v) is 6.10. The topological polar surface area (TPSA) is 26.3 Å². The molecular formula is C16H16O2. The number of carbonyl (C=O) groups is 1. The Morgan fingerprint density at radius 3 is 2.72 bits per heavy atom. The minimum absolute atomic E-state index is 0.186. The molecule has 0 aliphatic rings. The molecule has 0 aliphatic carbocycles. The first-order valence-electron chi connectivity index (χ1n) is 6.10. The summed E-state index contributed by atoms with van der Waals surface area (Å²) in [6.45, 7) is 2.24. The third-order valence-electron chi connectivity index (χ3n) is 2.67. The highest BCUT2D eigenvalue weighted by molar-refractivity contribution is 5.84. The molecule has 0 heterocycles. The highest BCUT2D eigenvalue weighted by atomic mass is 16.5. The second kappa shape index (κ2) is 6.01. The maximum Gasteiger partial charge on any atom is 0.309 e. The number of hydrogen-bond acceptors (Lipinski definition) is 2. The molecule has 2 rings (SSSR count). The molecule has 0 unspecified atom stereocenters. The van der Waals surface area contributed by atoms with Gasteiger partial charge in [-0.3, -0.25) is 4.79 Å². The van der Waals surface area contributed by atoms with E-state index in [0.29, 0.717) is 13.0 Å². The van der Waals surface area contributed by atoms with Crippen LogP contribution in [0.4, 0.5) is 0 Å². The monoisotopic (exact) mass is 240 g/mol. The number of fused-ring (bicyclic) bond motifs is 1. The summed E-state index contributed by atoms with van der Waals surface area (Å²) in [7, 11) is 0. The smallest absolute Gasteiger partial charge is 0.309 e. The van der Waals surface area contributed by atoms with Gasteiger partial charge in [-0.25, -0.2) is 0 Å². The number of ether oxygens (including phenoxy) is 1. The van der Waals surface area contributed by atoms with Crippen LogP contribution in [0.15, 0.2) is 48.5 Å². The van der Waals surface area contributed by atoms with Gasteiger partial charge in [-0.15, -0.1) is 0 Å². The predicted octanol–water partition coefficient (Wildman–Crippen LogP) is 3.81. The van der Waals surface area contributed by atoms with Gasteiger partial charge in [0.2, 0.25) is 0 Å². The Bertz CT molecular complexity index is 570. The Morgan fingerprint density at radius 1 is 1.17 bits per heavy atom. The summed E-state index contributed by atoms with van der Waals surface area (Å²) < 4.78 is 4.86. The molecule has 0 N–H and O–H groups in total. The van der Waals surface area contributed by atoms with Crippen molar-refractivity contribution in [3.63, 3.8) is 0 Å². The first-order chi connectivity index (χ1) is 8.79. The molecule has 18 heavy (non-hydrogen) atoms. The molecule has 0 saturated carbocycles. The van der Waals surface area contributed by atoms with Crippen molar-refractivity contribution in [2.75, 3.05) is 6.61 Å². The zero-order chi connectivity index (χ0) is 12.8. The number of hydrogen-bond donors (Lipinski definition) is 0. The molecule has 2 aromatic carbocycles. The fourth-order valence-corrected chi connectivity index (χ4v) is 1.82. The summed E-state index contributed by atoms with van der Waals surface area (Å²) in [6.07, 6.45) is 4.10. The van der Waals surface area contributed by atoms with Crippen LogP contribution in [0.3, 0.4) is 0 Å². The van der Waals surface area contributed by atoms with Gasteiger partial charge in [0.25, 0.3) is 0 Å². The lowest BCUT2D eigenvalue weighted by molar-refractivity contribution is -0.142. The van der Waals surface area contributed by atoms with Crippen molar-refractivity contribution in [3.05, 3.63) is 54.1 Å². The van der Waals surface area contributed by atoms with E-state index in [1.54, 1.807) is 0 Å². The molecule has 0 spiro atoms. The van der Waals surface area contributed by atoms with E-state index in [0.717, 1.165) is 5.56 Å². The van der Waals surface area contributed by atoms with E-state index in [4.69, 9.17) is 4.74 Å². The Morgan fingerprint density at radius 2 is 1.94 bits per heavy atom. The van der Waals surface area contributed by atoms with Crippen molar-refractivity contribution in [1.29, 1.82) is 0 Å². The summed E-state index contributed by atoms with van der Waals surface area (Å²) in [4.78, 5) is 11.2. The number of benzene rings is 2. The molecule has 0 fully saturated rings. The lowest BCUT2D eigenvalue weighted by atomic mass is 10.1. The Balaban J connectivity index is 2.07. The molecule has 0 atom stereocenters. The fraction of sp³-hybridized carbons (Fsp3) is 0.188. The van der Waals surface area contributed by atoms with Crippen molar-refractivity contribution >= 4 is 22.8 Å². The second-order valence-electron chi connectivity index (χ2n) is 4.02. The fourth-order valence-electron chi connectivity index (χ4n) is 1.82. The third-order valence-corrected chi connectivity index (χ3v) is 2.67. The molecule has 0 aromatic heterocycles. The van der Waals surface area contributed by atoms with Gasteiger partial charge in [0.15, 0.2) is 0 Å². The van der Waals surface area contributed by atoms with Gasteiger partial charge in [-0.05, 0) is 29.3 Å². The molecule has 2 nitrogen and oxygen atoms in total. The summed E-state index contributed by atoms with van der Waals surface area (Å²) in [5.74, 6) is -0.186. The van der Waals surface area contributed by atoms with Crippen molar-refractivity contribution in [1.82, 2.24) is 0 Å². The molecule has 0 amide bonds. The molecule has 92 valence electrons. The van der Waals surface area contributed by atoms with Gasteiger partial charge in [0.05, 0.1) is 13.0 Å². The molecule has 0 saturated heterocycles. The van der Waals surface area contributed by atoms with E-state index in [-0.39, 0.29) is 5.97 Å². The maximum absolute atomic E-state index is 11.2. The zero-order valence-corrected chi connectivity index (χ0v) is 10.4. The second-order valence-corrected chi connectivity index (χ2v) is 4.02. The van der Waals surface area contributed by atoms with Crippen LogP contribution in [0, 0.1) is 0 Å². The van der Waals surface area contributed by atoms with Gasteiger partial charge in [0, 0.05) is 0 Å². The van der Waals surface area contributed by atoms with Crippen LogP contribution < -0.4 is 0 Å². The van der Waals surface area contributed by atoms with Crippen LogP contribution in [-0.2, 0) is 9.53 Å². The average Bonchev–Trinajstić information content (AvgIpc) is 2.39. The van der Waals surface area contributed by atoms with Crippen molar-refractivity contribution in [3.8, 4) is 0 Å². The lowest BCUT2D eigenvalue weighted by Gasteiger charge is -1.99. The number of esters is 1. The van der Waals surface area contributed by atoms with E-state index in [2.05, 4.69) is 24.3 Å². The third kappa shape index (κ3) is 3.20. The van der Waals surface area contributed by atoms with E-state index in [1.807, 2.05) is 37.3 Å². The zero-order valence-electron chi connectivity index (χ0n) is 10.4. The highest BCUT2D eigenvalue weighted by Crippen LogP contribution is 2.16. The minimum atomic E-state index is -0.186.